The van der Waals surface area contributed by atoms with Crippen molar-refractivity contribution < 1.29 is 10.2 Å². The van der Waals surface area contributed by atoms with Crippen LogP contribution in [-0.4, -0.2) is 16.8 Å². The zero-order valence-corrected chi connectivity index (χ0v) is 9.80. The first-order valence-corrected chi connectivity index (χ1v) is 5.13. The van der Waals surface area contributed by atoms with Gasteiger partial charge in [0.05, 0.1) is 17.1 Å². The van der Waals surface area contributed by atoms with Gasteiger partial charge in [0.1, 0.15) is 5.75 Å². The highest BCUT2D eigenvalue weighted by Gasteiger charge is 2.15. The number of phenolic OH excluding ortho intramolecular Hbond substituents is 1. The van der Waals surface area contributed by atoms with Crippen LogP contribution in [0.2, 0.25) is 0 Å². The van der Waals surface area contributed by atoms with Gasteiger partial charge in [-0.1, -0.05) is 6.07 Å². The van der Waals surface area contributed by atoms with Crippen LogP contribution < -0.4 is 5.73 Å². The summed E-state index contributed by atoms with van der Waals surface area (Å²) in [6, 6.07) is 1.27. The maximum atomic E-state index is 9.77. The summed E-state index contributed by atoms with van der Waals surface area (Å²) in [5.41, 5.74) is 8.24. The van der Waals surface area contributed by atoms with Crippen LogP contribution in [0.3, 0.4) is 0 Å². The van der Waals surface area contributed by atoms with E-state index in [0.717, 1.165) is 11.1 Å². The Balaban J connectivity index is 3.33. The molecule has 4 heteroatoms. The van der Waals surface area contributed by atoms with E-state index in [2.05, 4.69) is 15.9 Å². The summed E-state index contributed by atoms with van der Waals surface area (Å²) in [7, 11) is 0. The van der Waals surface area contributed by atoms with Crippen LogP contribution >= 0.6 is 15.9 Å². The van der Waals surface area contributed by atoms with E-state index >= 15 is 0 Å². The molecule has 0 heterocycles. The number of phenols is 1. The number of benzene rings is 1. The molecule has 0 fully saturated rings. The van der Waals surface area contributed by atoms with Crippen LogP contribution in [-0.2, 0) is 0 Å². The van der Waals surface area contributed by atoms with Crippen LogP contribution in [0, 0.1) is 13.8 Å². The molecule has 0 aromatic heterocycles. The van der Waals surface area contributed by atoms with Crippen molar-refractivity contribution in [3.05, 3.63) is 27.2 Å². The van der Waals surface area contributed by atoms with Gasteiger partial charge in [-0.2, -0.15) is 0 Å². The minimum Gasteiger partial charge on any atom is -0.506 e. The molecule has 1 atom stereocenters. The van der Waals surface area contributed by atoms with E-state index in [9.17, 15) is 5.11 Å². The second-order valence-electron chi connectivity index (χ2n) is 3.36. The van der Waals surface area contributed by atoms with Crippen molar-refractivity contribution in [2.24, 2.45) is 5.73 Å². The molecule has 3 nitrogen and oxygen atoms in total. The molecule has 0 amide bonds. The van der Waals surface area contributed by atoms with Gasteiger partial charge in [-0.05, 0) is 40.9 Å². The minimum atomic E-state index is -0.536. The highest BCUT2D eigenvalue weighted by Crippen LogP contribution is 2.35. The zero-order valence-electron chi connectivity index (χ0n) is 8.21. The third-order valence-electron chi connectivity index (χ3n) is 2.37. The molecule has 1 aromatic rings. The standard InChI is InChI=1S/C10H14BrNO2/c1-5-3-7(8(12)4-13)10(14)9(11)6(5)2/h3,8,13-14H,4,12H2,1-2H3/t8-/m1/s1. The molecular formula is C10H14BrNO2. The predicted octanol–water partition coefficient (Wildman–Crippen LogP) is 1.76. The summed E-state index contributed by atoms with van der Waals surface area (Å²) < 4.78 is 0.649. The van der Waals surface area contributed by atoms with E-state index in [1.54, 1.807) is 6.07 Å². The van der Waals surface area contributed by atoms with Gasteiger partial charge in [0.15, 0.2) is 0 Å². The zero-order chi connectivity index (χ0) is 10.9. The first-order chi connectivity index (χ1) is 6.49. The molecule has 0 saturated heterocycles. The summed E-state index contributed by atoms with van der Waals surface area (Å²) in [5, 5.41) is 18.7. The molecule has 0 radical (unpaired) electrons. The second kappa shape index (κ2) is 4.29. The molecule has 4 N–H and O–H groups in total. The molecule has 1 aromatic carbocycles. The van der Waals surface area contributed by atoms with Gasteiger partial charge in [-0.25, -0.2) is 0 Å². The lowest BCUT2D eigenvalue weighted by atomic mass is 10.0. The quantitative estimate of drug-likeness (QED) is 0.759. The predicted molar refractivity (Wildman–Crippen MR) is 59.3 cm³/mol. The van der Waals surface area contributed by atoms with Gasteiger partial charge in [0.25, 0.3) is 0 Å². The Morgan fingerprint density at radius 2 is 2.07 bits per heavy atom. The molecule has 0 aliphatic rings. The van der Waals surface area contributed by atoms with Crippen LogP contribution in [0.25, 0.3) is 0 Å². The summed E-state index contributed by atoms with van der Waals surface area (Å²) in [5.74, 6) is 0.120. The fourth-order valence-corrected chi connectivity index (χ4v) is 1.81. The molecule has 14 heavy (non-hydrogen) atoms. The number of aryl methyl sites for hydroxylation is 1. The Labute approximate surface area is 91.7 Å². The average molecular weight is 260 g/mol. The summed E-state index contributed by atoms with van der Waals surface area (Å²) in [4.78, 5) is 0. The first kappa shape index (κ1) is 11.5. The van der Waals surface area contributed by atoms with Crippen LogP contribution in [0.15, 0.2) is 10.5 Å². The summed E-state index contributed by atoms with van der Waals surface area (Å²) >= 11 is 3.29. The van der Waals surface area contributed by atoms with Crippen molar-refractivity contribution in [1.29, 1.82) is 0 Å². The Morgan fingerprint density at radius 3 is 2.57 bits per heavy atom. The minimum absolute atomic E-state index is 0.120. The monoisotopic (exact) mass is 259 g/mol. The Bertz CT molecular complexity index is 352. The normalized spacial score (nSPS) is 12.9. The van der Waals surface area contributed by atoms with Crippen LogP contribution in [0.5, 0.6) is 5.75 Å². The van der Waals surface area contributed by atoms with E-state index in [4.69, 9.17) is 10.8 Å². The van der Waals surface area contributed by atoms with Crippen molar-refractivity contribution in [3.8, 4) is 5.75 Å². The van der Waals surface area contributed by atoms with E-state index in [0.29, 0.717) is 10.0 Å². The number of nitrogens with two attached hydrogens (primary N) is 1. The fraction of sp³-hybridized carbons (Fsp3) is 0.400. The molecule has 0 bridgehead atoms. The topological polar surface area (TPSA) is 66.5 Å². The van der Waals surface area contributed by atoms with E-state index in [1.807, 2.05) is 13.8 Å². The lowest BCUT2D eigenvalue weighted by Crippen LogP contribution is -2.15. The highest BCUT2D eigenvalue weighted by atomic mass is 79.9. The SMILES string of the molecule is Cc1cc([C@H](N)CO)c(O)c(Br)c1C. The third kappa shape index (κ3) is 1.92. The van der Waals surface area contributed by atoms with Crippen molar-refractivity contribution in [1.82, 2.24) is 0 Å². The number of aliphatic hydroxyl groups is 1. The maximum Gasteiger partial charge on any atom is 0.134 e. The molecular weight excluding hydrogens is 246 g/mol. The van der Waals surface area contributed by atoms with Crippen molar-refractivity contribution in [3.63, 3.8) is 0 Å². The van der Waals surface area contributed by atoms with Crippen molar-refractivity contribution in [2.75, 3.05) is 6.61 Å². The first-order valence-electron chi connectivity index (χ1n) is 4.34. The molecule has 0 spiro atoms. The smallest absolute Gasteiger partial charge is 0.134 e. The van der Waals surface area contributed by atoms with Gasteiger partial charge in [0, 0.05) is 5.56 Å². The molecule has 1 rings (SSSR count). The van der Waals surface area contributed by atoms with E-state index in [-0.39, 0.29) is 12.4 Å². The molecule has 0 aliphatic carbocycles. The number of hydrogen-bond donors (Lipinski definition) is 3. The van der Waals surface area contributed by atoms with Crippen molar-refractivity contribution >= 4 is 15.9 Å². The van der Waals surface area contributed by atoms with Crippen molar-refractivity contribution in [2.45, 2.75) is 19.9 Å². The van der Waals surface area contributed by atoms with Crippen LogP contribution in [0.1, 0.15) is 22.7 Å². The Kier molecular flexibility index (Phi) is 3.53. The average Bonchev–Trinajstić information content (AvgIpc) is 2.19. The number of aromatic hydroxyl groups is 1. The molecule has 0 aliphatic heterocycles. The number of hydrogen-bond acceptors (Lipinski definition) is 3. The van der Waals surface area contributed by atoms with E-state index in [1.165, 1.54) is 0 Å². The Morgan fingerprint density at radius 1 is 1.50 bits per heavy atom. The summed E-state index contributed by atoms with van der Waals surface area (Å²) in [6.07, 6.45) is 0. The lowest BCUT2D eigenvalue weighted by Gasteiger charge is -2.15. The highest BCUT2D eigenvalue weighted by molar-refractivity contribution is 9.10. The molecule has 0 saturated carbocycles. The molecule has 0 unspecified atom stereocenters. The lowest BCUT2D eigenvalue weighted by molar-refractivity contribution is 0.265. The molecule has 78 valence electrons. The largest absolute Gasteiger partial charge is 0.506 e. The number of aliphatic hydroxyl groups excluding tert-OH is 1. The number of rotatable bonds is 2. The van der Waals surface area contributed by atoms with Gasteiger partial charge in [-0.3, -0.25) is 0 Å². The fourth-order valence-electron chi connectivity index (χ4n) is 1.27. The number of halogens is 1. The van der Waals surface area contributed by atoms with Gasteiger partial charge < -0.3 is 15.9 Å². The van der Waals surface area contributed by atoms with Gasteiger partial charge in [-0.15, -0.1) is 0 Å². The third-order valence-corrected chi connectivity index (χ3v) is 3.34. The Hall–Kier alpha value is -0.580. The van der Waals surface area contributed by atoms with E-state index < -0.39 is 6.04 Å². The van der Waals surface area contributed by atoms with Gasteiger partial charge in [0.2, 0.25) is 0 Å². The second-order valence-corrected chi connectivity index (χ2v) is 4.15. The maximum absolute atomic E-state index is 9.77. The van der Waals surface area contributed by atoms with Crippen LogP contribution in [0.4, 0.5) is 0 Å². The van der Waals surface area contributed by atoms with Gasteiger partial charge >= 0.3 is 0 Å². The summed E-state index contributed by atoms with van der Waals surface area (Å²) in [6.45, 7) is 3.67.